The Morgan fingerprint density at radius 2 is 1.76 bits per heavy atom. The number of piperidine rings is 1. The van der Waals surface area contributed by atoms with E-state index in [1.165, 1.54) is 11.0 Å². The number of hydrogen-bond acceptors (Lipinski definition) is 9. The third-order valence-corrected chi connectivity index (χ3v) is 8.03. The van der Waals surface area contributed by atoms with E-state index in [2.05, 4.69) is 25.9 Å². The van der Waals surface area contributed by atoms with Crippen molar-refractivity contribution in [2.24, 2.45) is 0 Å². The lowest BCUT2D eigenvalue weighted by atomic mass is 10.0. The molecule has 4 amide bonds. The topological polar surface area (TPSA) is 140 Å². The number of carbonyl (C=O) groups excluding carboxylic acids is 4. The minimum Gasteiger partial charge on any atom is -0.368 e. The number of fused-ring (bicyclic) bond motifs is 1. The molecule has 1 atom stereocenters. The third kappa shape index (κ3) is 6.37. The molecule has 6 rings (SSSR count). The molecule has 45 heavy (non-hydrogen) atoms. The third-order valence-electron chi connectivity index (χ3n) is 8.03. The van der Waals surface area contributed by atoms with Gasteiger partial charge in [0.25, 0.3) is 5.91 Å². The van der Waals surface area contributed by atoms with Gasteiger partial charge >= 0.3 is 6.18 Å². The summed E-state index contributed by atoms with van der Waals surface area (Å²) in [5, 5.41) is 8.07. The van der Waals surface area contributed by atoms with Crippen LogP contribution >= 0.6 is 0 Å². The normalized spacial score (nSPS) is 18.5. The maximum Gasteiger partial charge on any atom is 0.416 e. The van der Waals surface area contributed by atoms with Crippen molar-refractivity contribution in [2.45, 2.75) is 31.6 Å². The van der Waals surface area contributed by atoms with Gasteiger partial charge in [-0.15, -0.1) is 0 Å². The van der Waals surface area contributed by atoms with Gasteiger partial charge in [0.1, 0.15) is 11.9 Å². The second-order valence-corrected chi connectivity index (χ2v) is 10.9. The number of halogens is 3. The van der Waals surface area contributed by atoms with Gasteiger partial charge in [0.05, 0.1) is 12.1 Å². The summed E-state index contributed by atoms with van der Waals surface area (Å²) >= 11 is 0. The molecule has 15 heteroatoms. The van der Waals surface area contributed by atoms with Gasteiger partial charge in [-0.1, -0.05) is 12.1 Å². The van der Waals surface area contributed by atoms with E-state index in [1.54, 1.807) is 36.5 Å². The number of nitrogens with one attached hydrogen (secondary N) is 3. The van der Waals surface area contributed by atoms with Gasteiger partial charge in [0.2, 0.25) is 23.7 Å². The summed E-state index contributed by atoms with van der Waals surface area (Å²) in [7, 11) is 0. The molecule has 2 fully saturated rings. The zero-order valence-electron chi connectivity index (χ0n) is 23.9. The maximum atomic E-state index is 13.1. The Balaban J connectivity index is 1.04. The number of alkyl halides is 3. The van der Waals surface area contributed by atoms with Crippen LogP contribution in [-0.4, -0.2) is 77.3 Å². The van der Waals surface area contributed by atoms with Gasteiger partial charge in [0, 0.05) is 67.8 Å². The van der Waals surface area contributed by atoms with E-state index in [0.29, 0.717) is 60.4 Å². The van der Waals surface area contributed by atoms with Crippen LogP contribution in [0.5, 0.6) is 0 Å². The first-order chi connectivity index (χ1) is 21.6. The summed E-state index contributed by atoms with van der Waals surface area (Å²) in [5.74, 6) is -0.759. The number of carbonyl (C=O) groups is 4. The van der Waals surface area contributed by atoms with Crippen molar-refractivity contribution in [1.29, 1.82) is 0 Å². The standard InChI is InChI=1S/C30H29F3N8O4/c31-30(32,33)18-3-1-4-19(15-18)39-11-13-40(14-12-39)29-34-10-9-24(37-29)35-16-26(43)36-22-6-2-5-20-21(22)17-41(28(20)45)23-7-8-25(42)38-27(23)44/h1-6,9-10,15,23H,7-8,11-14,16-17H2,(H,36,43)(H,34,35,37)(H,38,42,44). The summed E-state index contributed by atoms with van der Waals surface area (Å²) in [4.78, 5) is 63.9. The quantitative estimate of drug-likeness (QED) is 0.340. The molecule has 2 saturated heterocycles. The number of anilines is 4. The van der Waals surface area contributed by atoms with Crippen LogP contribution in [0.25, 0.3) is 0 Å². The largest absolute Gasteiger partial charge is 0.416 e. The van der Waals surface area contributed by atoms with E-state index in [4.69, 9.17) is 0 Å². The number of rotatable bonds is 7. The zero-order chi connectivity index (χ0) is 31.7. The number of benzene rings is 2. The number of aromatic nitrogens is 2. The van der Waals surface area contributed by atoms with E-state index in [9.17, 15) is 32.3 Å². The molecule has 3 N–H and O–H groups in total. The van der Waals surface area contributed by atoms with Crippen LogP contribution in [0.1, 0.15) is 34.3 Å². The molecule has 4 heterocycles. The average Bonchev–Trinajstić information content (AvgIpc) is 3.36. The molecule has 12 nitrogen and oxygen atoms in total. The lowest BCUT2D eigenvalue weighted by Crippen LogP contribution is -2.52. The molecular formula is C30H29F3N8O4. The van der Waals surface area contributed by atoms with Crippen molar-refractivity contribution >= 4 is 46.8 Å². The van der Waals surface area contributed by atoms with Gasteiger partial charge in [-0.05, 0) is 42.8 Å². The van der Waals surface area contributed by atoms with Crippen molar-refractivity contribution in [2.75, 3.05) is 53.2 Å². The lowest BCUT2D eigenvalue weighted by Gasteiger charge is -2.36. The van der Waals surface area contributed by atoms with Crippen LogP contribution in [0.3, 0.4) is 0 Å². The summed E-state index contributed by atoms with van der Waals surface area (Å²) in [6, 6.07) is 11.1. The fourth-order valence-electron chi connectivity index (χ4n) is 5.71. The van der Waals surface area contributed by atoms with Crippen LogP contribution in [-0.2, 0) is 27.1 Å². The molecule has 0 spiro atoms. The van der Waals surface area contributed by atoms with E-state index in [1.807, 2.05) is 9.80 Å². The fourth-order valence-corrected chi connectivity index (χ4v) is 5.71. The summed E-state index contributed by atoms with van der Waals surface area (Å²) < 4.78 is 39.4. The molecule has 1 unspecified atom stereocenters. The van der Waals surface area contributed by atoms with Crippen molar-refractivity contribution in [1.82, 2.24) is 20.2 Å². The van der Waals surface area contributed by atoms with Gasteiger partial charge < -0.3 is 25.3 Å². The van der Waals surface area contributed by atoms with Crippen LogP contribution in [0.2, 0.25) is 0 Å². The fraction of sp³-hybridized carbons (Fsp3) is 0.333. The number of amides is 4. The second kappa shape index (κ2) is 12.1. The van der Waals surface area contributed by atoms with Gasteiger partial charge in [-0.2, -0.15) is 18.2 Å². The van der Waals surface area contributed by atoms with E-state index >= 15 is 0 Å². The number of hydrogen-bond donors (Lipinski definition) is 3. The number of imide groups is 1. The maximum absolute atomic E-state index is 13.1. The number of piperazine rings is 1. The van der Waals surface area contributed by atoms with Crippen LogP contribution in [0.15, 0.2) is 54.7 Å². The first kappa shape index (κ1) is 29.8. The van der Waals surface area contributed by atoms with Crippen molar-refractivity contribution in [3.05, 3.63) is 71.4 Å². The lowest BCUT2D eigenvalue weighted by molar-refractivity contribution is -0.138. The smallest absolute Gasteiger partial charge is 0.368 e. The average molecular weight is 623 g/mol. The summed E-state index contributed by atoms with van der Waals surface area (Å²) in [6.45, 7) is 1.95. The Hall–Kier alpha value is -5.21. The highest BCUT2D eigenvalue weighted by molar-refractivity contribution is 6.07. The molecule has 3 aromatic rings. The molecule has 0 bridgehead atoms. The summed E-state index contributed by atoms with van der Waals surface area (Å²) in [5.41, 5.74) is 1.24. The molecule has 234 valence electrons. The molecule has 2 aromatic carbocycles. The van der Waals surface area contributed by atoms with Crippen LogP contribution < -0.4 is 25.8 Å². The van der Waals surface area contributed by atoms with E-state index in [0.717, 1.165) is 12.1 Å². The van der Waals surface area contributed by atoms with Gasteiger partial charge in [0.15, 0.2) is 0 Å². The number of nitrogens with zero attached hydrogens (tertiary/aromatic N) is 5. The van der Waals surface area contributed by atoms with Crippen LogP contribution in [0.4, 0.5) is 36.3 Å². The Kier molecular flexibility index (Phi) is 7.99. The molecule has 0 saturated carbocycles. The first-order valence-corrected chi connectivity index (χ1v) is 14.4. The minimum atomic E-state index is -4.41. The predicted octanol–water partition coefficient (Wildman–Crippen LogP) is 2.63. The molecule has 0 aliphatic carbocycles. The van der Waals surface area contributed by atoms with Gasteiger partial charge in [-0.3, -0.25) is 24.5 Å². The van der Waals surface area contributed by atoms with E-state index < -0.39 is 23.7 Å². The Labute approximate surface area is 255 Å². The highest BCUT2D eigenvalue weighted by Gasteiger charge is 2.40. The molecule has 3 aliphatic heterocycles. The Morgan fingerprint density at radius 1 is 1.00 bits per heavy atom. The van der Waals surface area contributed by atoms with E-state index in [-0.39, 0.29) is 43.7 Å². The predicted molar refractivity (Wildman–Crippen MR) is 158 cm³/mol. The first-order valence-electron chi connectivity index (χ1n) is 14.4. The molecule has 1 aromatic heterocycles. The SMILES string of the molecule is O=C1CCC(N2Cc3c(NC(=O)CNc4ccnc(N5CCN(c6cccc(C(F)(F)F)c6)CC5)n4)cccc3C2=O)C(=O)N1. The Morgan fingerprint density at radius 3 is 2.51 bits per heavy atom. The van der Waals surface area contributed by atoms with Crippen LogP contribution in [0, 0.1) is 0 Å². The highest BCUT2D eigenvalue weighted by Crippen LogP contribution is 2.33. The monoisotopic (exact) mass is 622 g/mol. The van der Waals surface area contributed by atoms with Crippen molar-refractivity contribution in [3.63, 3.8) is 0 Å². The Bertz CT molecular complexity index is 1660. The highest BCUT2D eigenvalue weighted by atomic mass is 19.4. The second-order valence-electron chi connectivity index (χ2n) is 10.9. The molecular weight excluding hydrogens is 593 g/mol. The minimum absolute atomic E-state index is 0.126. The van der Waals surface area contributed by atoms with Crippen molar-refractivity contribution in [3.8, 4) is 0 Å². The van der Waals surface area contributed by atoms with Crippen molar-refractivity contribution < 1.29 is 32.3 Å². The summed E-state index contributed by atoms with van der Waals surface area (Å²) in [6.07, 6.45) is -2.47. The van der Waals surface area contributed by atoms with Gasteiger partial charge in [-0.25, -0.2) is 4.98 Å². The zero-order valence-corrected chi connectivity index (χ0v) is 23.9. The molecule has 3 aliphatic rings. The molecule has 0 radical (unpaired) electrons.